The van der Waals surface area contributed by atoms with Crippen LogP contribution in [-0.4, -0.2) is 100 Å². The molecule has 1 saturated heterocycles. The van der Waals surface area contributed by atoms with Gasteiger partial charge in [0, 0.05) is 12.8 Å². The van der Waals surface area contributed by atoms with Gasteiger partial charge in [-0.15, -0.1) is 0 Å². The van der Waals surface area contributed by atoms with Crippen LogP contribution in [0.1, 0.15) is 206 Å². The number of hydrogen-bond donors (Lipinski definition) is 6. The van der Waals surface area contributed by atoms with Gasteiger partial charge >= 0.3 is 5.97 Å². The summed E-state index contributed by atoms with van der Waals surface area (Å²) < 4.78 is 16.6. The van der Waals surface area contributed by atoms with Crippen LogP contribution in [-0.2, 0) is 23.8 Å². The lowest BCUT2D eigenvalue weighted by molar-refractivity contribution is -0.302. The lowest BCUT2D eigenvalue weighted by atomic mass is 9.99. The van der Waals surface area contributed by atoms with E-state index in [4.69, 9.17) is 14.2 Å². The Bertz CT molecular complexity index is 1340. The summed E-state index contributed by atoms with van der Waals surface area (Å²) in [4.78, 5) is 25.0. The summed E-state index contributed by atoms with van der Waals surface area (Å²) >= 11 is 0. The first-order valence-corrected chi connectivity index (χ1v) is 26.7. The van der Waals surface area contributed by atoms with Crippen molar-refractivity contribution < 1.29 is 49.3 Å². The monoisotopic (exact) mass is 944 g/mol. The molecule has 0 radical (unpaired) electrons. The van der Waals surface area contributed by atoms with Gasteiger partial charge in [-0.05, 0) is 96.3 Å². The molecule has 0 aromatic carbocycles. The smallest absolute Gasteiger partial charge is 0.305 e. The van der Waals surface area contributed by atoms with Crippen molar-refractivity contribution in [3.63, 3.8) is 0 Å². The van der Waals surface area contributed by atoms with Gasteiger partial charge in [0.25, 0.3) is 0 Å². The number of rotatable bonds is 44. The molecule has 386 valence electrons. The lowest BCUT2D eigenvalue weighted by Gasteiger charge is -2.40. The molecule has 7 atom stereocenters. The number of carbonyl (C=O) groups is 2. The number of nitrogens with one attached hydrogen (secondary N) is 1. The van der Waals surface area contributed by atoms with Crippen molar-refractivity contribution in [3.05, 3.63) is 72.9 Å². The quantitative estimate of drug-likeness (QED) is 0.0196. The van der Waals surface area contributed by atoms with Crippen molar-refractivity contribution in [2.24, 2.45) is 0 Å². The lowest BCUT2D eigenvalue weighted by Crippen LogP contribution is -2.60. The molecule has 0 spiro atoms. The Kier molecular flexibility index (Phi) is 42.2. The Morgan fingerprint density at radius 1 is 0.552 bits per heavy atom. The third kappa shape index (κ3) is 35.8. The molecular weight excluding hydrogens is 847 g/mol. The SMILES string of the molecule is CCCC/C=C\CCCCCCCC(=O)OCCCCCCCC/C=C\C/C=C\CCC(=O)NC(COC1OC(CO)C(O)C(O)C1O)C(O)/C=C/CC/C=C/CC/C=C/CCCCCCC. The van der Waals surface area contributed by atoms with Crippen LogP contribution in [0.2, 0.25) is 0 Å². The van der Waals surface area contributed by atoms with Crippen LogP contribution in [0.5, 0.6) is 0 Å². The minimum atomic E-state index is -1.60. The van der Waals surface area contributed by atoms with E-state index in [9.17, 15) is 35.1 Å². The molecule has 1 aliphatic heterocycles. The van der Waals surface area contributed by atoms with Crippen molar-refractivity contribution in [1.82, 2.24) is 5.32 Å². The topological polar surface area (TPSA) is 175 Å². The van der Waals surface area contributed by atoms with Crippen LogP contribution in [0.3, 0.4) is 0 Å². The van der Waals surface area contributed by atoms with Gasteiger partial charge in [-0.25, -0.2) is 0 Å². The van der Waals surface area contributed by atoms with E-state index in [2.05, 4.69) is 67.8 Å². The summed E-state index contributed by atoms with van der Waals surface area (Å²) in [6.07, 6.45) is 48.5. The van der Waals surface area contributed by atoms with E-state index in [1.807, 2.05) is 18.2 Å². The highest BCUT2D eigenvalue weighted by Gasteiger charge is 2.44. The van der Waals surface area contributed by atoms with Crippen LogP contribution >= 0.6 is 0 Å². The maximum atomic E-state index is 13.0. The highest BCUT2D eigenvalue weighted by Crippen LogP contribution is 2.22. The first-order valence-electron chi connectivity index (χ1n) is 26.7. The Labute approximate surface area is 407 Å². The molecule has 1 heterocycles. The van der Waals surface area contributed by atoms with Crippen molar-refractivity contribution in [2.75, 3.05) is 19.8 Å². The number of esters is 1. The molecule has 11 heteroatoms. The normalized spacial score (nSPS) is 20.1. The molecule has 1 amide bonds. The van der Waals surface area contributed by atoms with Crippen LogP contribution in [0.4, 0.5) is 0 Å². The number of aliphatic hydroxyl groups excluding tert-OH is 5. The fourth-order valence-electron chi connectivity index (χ4n) is 7.67. The van der Waals surface area contributed by atoms with Gasteiger partial charge in [-0.1, -0.05) is 170 Å². The number of allylic oxidation sites excluding steroid dienone is 11. The number of unbranched alkanes of at least 4 members (excludes halogenated alkanes) is 20. The number of amides is 1. The van der Waals surface area contributed by atoms with E-state index in [0.717, 1.165) is 77.0 Å². The first-order chi connectivity index (χ1) is 32.7. The van der Waals surface area contributed by atoms with Gasteiger partial charge in [0.1, 0.15) is 24.4 Å². The zero-order valence-electron chi connectivity index (χ0n) is 42.1. The van der Waals surface area contributed by atoms with E-state index in [0.29, 0.717) is 25.9 Å². The number of ether oxygens (including phenoxy) is 3. The summed E-state index contributed by atoms with van der Waals surface area (Å²) in [6.45, 7) is 4.15. The largest absolute Gasteiger partial charge is 0.466 e. The van der Waals surface area contributed by atoms with Crippen molar-refractivity contribution in [1.29, 1.82) is 0 Å². The Morgan fingerprint density at radius 3 is 1.64 bits per heavy atom. The molecule has 11 nitrogen and oxygen atoms in total. The Morgan fingerprint density at radius 2 is 1.04 bits per heavy atom. The second-order valence-corrected chi connectivity index (χ2v) is 18.2. The Balaban J connectivity index is 2.29. The average molecular weight is 944 g/mol. The second-order valence-electron chi connectivity index (χ2n) is 18.2. The summed E-state index contributed by atoms with van der Waals surface area (Å²) in [7, 11) is 0. The Hall–Kier alpha value is -2.90. The maximum Gasteiger partial charge on any atom is 0.305 e. The third-order valence-electron chi connectivity index (χ3n) is 12.0. The van der Waals surface area contributed by atoms with E-state index < -0.39 is 49.5 Å². The van der Waals surface area contributed by atoms with Crippen molar-refractivity contribution in [3.8, 4) is 0 Å². The summed E-state index contributed by atoms with van der Waals surface area (Å²) in [5, 5.41) is 54.2. The van der Waals surface area contributed by atoms with Crippen LogP contribution < -0.4 is 5.32 Å². The minimum absolute atomic E-state index is 0.0535. The van der Waals surface area contributed by atoms with Gasteiger partial charge in [0.15, 0.2) is 6.29 Å². The molecule has 7 unspecified atom stereocenters. The zero-order valence-corrected chi connectivity index (χ0v) is 42.1. The summed E-state index contributed by atoms with van der Waals surface area (Å²) in [6, 6.07) is -0.880. The number of hydrogen-bond acceptors (Lipinski definition) is 10. The van der Waals surface area contributed by atoms with Gasteiger partial charge in [-0.3, -0.25) is 9.59 Å². The van der Waals surface area contributed by atoms with E-state index >= 15 is 0 Å². The summed E-state index contributed by atoms with van der Waals surface area (Å²) in [5.74, 6) is -0.333. The van der Waals surface area contributed by atoms with Crippen LogP contribution in [0.25, 0.3) is 0 Å². The average Bonchev–Trinajstić information content (AvgIpc) is 3.32. The fraction of sp³-hybridized carbons (Fsp3) is 0.750. The summed E-state index contributed by atoms with van der Waals surface area (Å²) in [5.41, 5.74) is 0. The van der Waals surface area contributed by atoms with E-state index in [1.54, 1.807) is 6.08 Å². The highest BCUT2D eigenvalue weighted by molar-refractivity contribution is 5.76. The molecule has 1 rings (SSSR count). The van der Waals surface area contributed by atoms with Gasteiger partial charge in [0.05, 0.1) is 32.0 Å². The number of aliphatic hydroxyl groups is 5. The predicted molar refractivity (Wildman–Crippen MR) is 273 cm³/mol. The first kappa shape index (κ1) is 62.1. The molecule has 0 bridgehead atoms. The number of carbonyl (C=O) groups excluding carboxylic acids is 2. The van der Waals surface area contributed by atoms with E-state index in [1.165, 1.54) is 89.9 Å². The maximum absolute atomic E-state index is 13.0. The van der Waals surface area contributed by atoms with Gasteiger partial charge in [0.2, 0.25) is 5.91 Å². The second kappa shape index (κ2) is 45.5. The van der Waals surface area contributed by atoms with E-state index in [-0.39, 0.29) is 24.9 Å². The third-order valence-corrected chi connectivity index (χ3v) is 12.0. The minimum Gasteiger partial charge on any atom is -0.466 e. The molecule has 1 aliphatic rings. The molecular formula is C56H97NO10. The van der Waals surface area contributed by atoms with Crippen molar-refractivity contribution in [2.45, 2.75) is 249 Å². The van der Waals surface area contributed by atoms with Crippen LogP contribution in [0.15, 0.2) is 72.9 Å². The molecule has 6 N–H and O–H groups in total. The predicted octanol–water partition coefficient (Wildman–Crippen LogP) is 11.3. The molecule has 1 fully saturated rings. The van der Waals surface area contributed by atoms with Crippen LogP contribution in [0, 0.1) is 0 Å². The molecule has 0 aromatic heterocycles. The molecule has 0 aromatic rings. The molecule has 67 heavy (non-hydrogen) atoms. The van der Waals surface area contributed by atoms with Gasteiger partial charge < -0.3 is 45.1 Å². The zero-order chi connectivity index (χ0) is 48.8. The fourth-order valence-corrected chi connectivity index (χ4v) is 7.67. The van der Waals surface area contributed by atoms with Gasteiger partial charge in [-0.2, -0.15) is 0 Å². The standard InChI is InChI=1S/C56H97NO10/c1-3-5-7-9-11-13-15-16-17-19-23-26-30-34-38-42-49(59)48(47-66-56-55(64)54(63)53(62)50(46-58)67-56)57-51(60)43-39-35-31-27-24-20-18-21-25-29-33-37-41-45-65-52(61)44-40-36-32-28-22-14-12-10-8-6-4-2/h10,12,15-16,20,23-24,26,31,35,38,42,48-50,53-56,58-59,62-64H,3-9,11,13-14,17-19,21-22,25,27-30,32-34,36-37,39-41,43-47H2,1-2H3,(H,57,60)/b12-10-,16-15+,24-20-,26-23+,35-31-,42-38+. The molecule has 0 saturated carbocycles. The van der Waals surface area contributed by atoms with Crippen molar-refractivity contribution >= 4 is 11.9 Å². The highest BCUT2D eigenvalue weighted by atomic mass is 16.7. The molecule has 0 aliphatic carbocycles.